The number of amides is 2. The number of likely N-dealkylation sites (N-methyl/N-ethyl adjacent to an activating group) is 1. The third kappa shape index (κ3) is 5.75. The molecule has 2 amide bonds. The van der Waals surface area contributed by atoms with Crippen molar-refractivity contribution in [3.05, 3.63) is 87.8 Å². The first kappa shape index (κ1) is 31.3. The summed E-state index contributed by atoms with van der Waals surface area (Å²) in [6.45, 7) is 2.42. The van der Waals surface area contributed by atoms with Crippen LogP contribution in [0.1, 0.15) is 60.5 Å². The molecule has 2 aromatic carbocycles. The van der Waals surface area contributed by atoms with Crippen molar-refractivity contribution in [1.82, 2.24) is 29.4 Å². The molecule has 10 nitrogen and oxygen atoms in total. The third-order valence-corrected chi connectivity index (χ3v) is 8.16. The Kier molecular flexibility index (Phi) is 8.42. The average Bonchev–Trinajstić information content (AvgIpc) is 3.75. The SMILES string of the molecule is CCCN(C)C(=O)C1(NC(=O)c2c(-c3ccnn3-c3ccc(C#N)cc3)n(C)n(-c3cccc(C(F)(F)F)c3)c2=O)CCCC1. The lowest BCUT2D eigenvalue weighted by molar-refractivity contribution is -0.138. The Balaban J connectivity index is 1.71. The third-order valence-electron chi connectivity index (χ3n) is 8.16. The van der Waals surface area contributed by atoms with E-state index in [1.165, 1.54) is 34.7 Å². The minimum absolute atomic E-state index is 0.0827. The molecule has 1 aliphatic carbocycles. The molecule has 5 rings (SSSR count). The highest BCUT2D eigenvalue weighted by atomic mass is 19.4. The Hall–Kier alpha value is -5.12. The van der Waals surface area contributed by atoms with Crippen LogP contribution < -0.4 is 10.9 Å². The van der Waals surface area contributed by atoms with Crippen LogP contribution in [0.15, 0.2) is 65.6 Å². The lowest BCUT2D eigenvalue weighted by atomic mass is 9.94. The van der Waals surface area contributed by atoms with E-state index in [4.69, 9.17) is 0 Å². The van der Waals surface area contributed by atoms with E-state index in [1.807, 2.05) is 13.0 Å². The quantitative estimate of drug-likeness (QED) is 0.303. The molecule has 1 N–H and O–H groups in total. The van der Waals surface area contributed by atoms with E-state index in [0.29, 0.717) is 49.2 Å². The van der Waals surface area contributed by atoms with E-state index < -0.39 is 28.7 Å². The van der Waals surface area contributed by atoms with Gasteiger partial charge in [-0.15, -0.1) is 0 Å². The van der Waals surface area contributed by atoms with E-state index in [1.54, 1.807) is 42.3 Å². The van der Waals surface area contributed by atoms with Gasteiger partial charge in [-0.3, -0.25) is 19.1 Å². The van der Waals surface area contributed by atoms with Gasteiger partial charge in [-0.1, -0.05) is 25.8 Å². The van der Waals surface area contributed by atoms with Crippen LogP contribution in [-0.4, -0.2) is 55.0 Å². The number of alkyl halides is 3. The number of halogens is 3. The van der Waals surface area contributed by atoms with Crippen molar-refractivity contribution < 1.29 is 22.8 Å². The molecule has 2 heterocycles. The van der Waals surface area contributed by atoms with Crippen molar-refractivity contribution in [2.45, 2.75) is 50.7 Å². The maximum Gasteiger partial charge on any atom is 0.416 e. The minimum Gasteiger partial charge on any atom is -0.344 e. The predicted molar refractivity (Wildman–Crippen MR) is 160 cm³/mol. The van der Waals surface area contributed by atoms with Gasteiger partial charge in [0.05, 0.1) is 40.5 Å². The summed E-state index contributed by atoms with van der Waals surface area (Å²) in [6.07, 6.45) is -0.306. The van der Waals surface area contributed by atoms with Gasteiger partial charge in [0, 0.05) is 20.6 Å². The fourth-order valence-electron chi connectivity index (χ4n) is 6.03. The van der Waals surface area contributed by atoms with Crippen molar-refractivity contribution in [2.75, 3.05) is 13.6 Å². The zero-order valence-corrected chi connectivity index (χ0v) is 25.1. The highest BCUT2D eigenvalue weighted by Gasteiger charge is 2.45. The normalized spacial score (nSPS) is 14.2. The van der Waals surface area contributed by atoms with Crippen LogP contribution in [0.25, 0.3) is 22.8 Å². The van der Waals surface area contributed by atoms with Gasteiger partial charge in [0.25, 0.3) is 11.5 Å². The molecule has 1 fully saturated rings. The van der Waals surface area contributed by atoms with Gasteiger partial charge in [0.1, 0.15) is 16.8 Å². The van der Waals surface area contributed by atoms with Gasteiger partial charge in [0.15, 0.2) is 0 Å². The van der Waals surface area contributed by atoms with Crippen molar-refractivity contribution in [3.63, 3.8) is 0 Å². The monoisotopic (exact) mass is 619 g/mol. The number of aromatic nitrogens is 4. The summed E-state index contributed by atoms with van der Waals surface area (Å²) in [5, 5.41) is 16.5. The van der Waals surface area contributed by atoms with Crippen LogP contribution in [0.2, 0.25) is 0 Å². The van der Waals surface area contributed by atoms with Crippen molar-refractivity contribution in [2.24, 2.45) is 7.05 Å². The molecule has 1 aliphatic rings. The summed E-state index contributed by atoms with van der Waals surface area (Å²) in [4.78, 5) is 43.6. The molecule has 0 saturated heterocycles. The smallest absolute Gasteiger partial charge is 0.344 e. The summed E-state index contributed by atoms with van der Waals surface area (Å²) in [5.74, 6) is -1.07. The zero-order valence-electron chi connectivity index (χ0n) is 25.1. The number of nitrogens with zero attached hydrogens (tertiary/aromatic N) is 6. The topological polar surface area (TPSA) is 118 Å². The second kappa shape index (κ2) is 12.1. The average molecular weight is 620 g/mol. The number of benzene rings is 2. The van der Waals surface area contributed by atoms with Crippen LogP contribution in [0.4, 0.5) is 13.2 Å². The molecule has 234 valence electrons. The minimum atomic E-state index is -4.66. The molecule has 13 heteroatoms. The van der Waals surface area contributed by atoms with Gasteiger partial charge in [0.2, 0.25) is 5.91 Å². The Morgan fingerprint density at radius 3 is 2.40 bits per heavy atom. The van der Waals surface area contributed by atoms with E-state index in [-0.39, 0.29) is 22.9 Å². The summed E-state index contributed by atoms with van der Waals surface area (Å²) in [5.41, 5.74) is -2.19. The van der Waals surface area contributed by atoms with Crippen LogP contribution in [0.3, 0.4) is 0 Å². The molecule has 0 atom stereocenters. The second-order valence-corrected chi connectivity index (χ2v) is 11.2. The van der Waals surface area contributed by atoms with Crippen LogP contribution in [0.5, 0.6) is 0 Å². The molecule has 0 radical (unpaired) electrons. The molecular formula is C32H32F3N7O3. The highest BCUT2D eigenvalue weighted by molar-refractivity contribution is 6.03. The predicted octanol–water partition coefficient (Wildman–Crippen LogP) is 4.83. The molecule has 0 bridgehead atoms. The fourth-order valence-corrected chi connectivity index (χ4v) is 6.03. The Bertz CT molecular complexity index is 1840. The molecule has 0 aliphatic heterocycles. The maximum atomic E-state index is 14.2. The van der Waals surface area contributed by atoms with Gasteiger partial charge in [-0.25, -0.2) is 9.36 Å². The number of nitrogens with one attached hydrogen (secondary N) is 1. The van der Waals surface area contributed by atoms with Crippen molar-refractivity contribution in [1.29, 1.82) is 5.26 Å². The van der Waals surface area contributed by atoms with Crippen LogP contribution in [-0.2, 0) is 18.0 Å². The van der Waals surface area contributed by atoms with Gasteiger partial charge >= 0.3 is 6.18 Å². The number of rotatable bonds is 8. The first-order valence-electron chi connectivity index (χ1n) is 14.5. The first-order chi connectivity index (χ1) is 21.4. The number of carbonyl (C=O) groups excluding carboxylic acids is 2. The van der Waals surface area contributed by atoms with Gasteiger partial charge in [-0.2, -0.15) is 23.5 Å². The largest absolute Gasteiger partial charge is 0.416 e. The van der Waals surface area contributed by atoms with Crippen molar-refractivity contribution >= 4 is 11.8 Å². The first-order valence-corrected chi connectivity index (χ1v) is 14.5. The van der Waals surface area contributed by atoms with E-state index >= 15 is 0 Å². The fraction of sp³-hybridized carbons (Fsp3) is 0.344. The van der Waals surface area contributed by atoms with Crippen molar-refractivity contribution in [3.8, 4) is 28.8 Å². The van der Waals surface area contributed by atoms with Crippen LogP contribution >= 0.6 is 0 Å². The Morgan fingerprint density at radius 2 is 1.78 bits per heavy atom. The Morgan fingerprint density at radius 1 is 1.09 bits per heavy atom. The highest BCUT2D eigenvalue weighted by Crippen LogP contribution is 2.34. The standard InChI is InChI=1S/C32H32F3N7O3/c1-4-18-39(2)30(45)31(15-5-6-16-31)38-28(43)26-27(25-14-17-37-41(25)23-12-10-21(20-36)11-13-23)40(3)42(29(26)44)24-9-7-8-22(19-24)32(33,34)35/h7-14,17,19H,4-6,15-16,18H2,1-3H3,(H,38,43). The Labute approximate surface area is 257 Å². The number of hydrogen-bond acceptors (Lipinski definition) is 5. The molecular weight excluding hydrogens is 587 g/mol. The van der Waals surface area contributed by atoms with Gasteiger partial charge in [-0.05, 0) is 67.8 Å². The number of carbonyl (C=O) groups is 2. The van der Waals surface area contributed by atoms with E-state index in [9.17, 15) is 32.8 Å². The second-order valence-electron chi connectivity index (χ2n) is 11.2. The molecule has 45 heavy (non-hydrogen) atoms. The van der Waals surface area contributed by atoms with Crippen LogP contribution in [0, 0.1) is 11.3 Å². The summed E-state index contributed by atoms with van der Waals surface area (Å²) in [6, 6.07) is 14.4. The lowest BCUT2D eigenvalue weighted by Gasteiger charge is -2.33. The van der Waals surface area contributed by atoms with E-state index in [0.717, 1.165) is 23.2 Å². The molecule has 0 unspecified atom stereocenters. The molecule has 0 spiro atoms. The zero-order chi connectivity index (χ0) is 32.5. The summed E-state index contributed by atoms with van der Waals surface area (Å²) >= 11 is 0. The molecule has 4 aromatic rings. The molecule has 2 aromatic heterocycles. The number of nitriles is 1. The summed E-state index contributed by atoms with van der Waals surface area (Å²) in [7, 11) is 3.14. The maximum absolute atomic E-state index is 14.2. The van der Waals surface area contributed by atoms with Gasteiger partial charge < -0.3 is 10.2 Å². The lowest BCUT2D eigenvalue weighted by Crippen LogP contribution is -2.58. The van der Waals surface area contributed by atoms with E-state index in [2.05, 4.69) is 10.4 Å². The number of hydrogen-bond donors (Lipinski definition) is 1. The summed E-state index contributed by atoms with van der Waals surface area (Å²) < 4.78 is 44.7. The molecule has 1 saturated carbocycles.